The largest absolute Gasteiger partial charge is 0.481 e. The molecule has 198 valence electrons. The number of ether oxygens (including phenoxy) is 1. The second kappa shape index (κ2) is 12.6. The molecule has 7 heteroatoms. The summed E-state index contributed by atoms with van der Waals surface area (Å²) in [6, 6.07) is 8.27. The SMILES string of the molecule is C/C=C(/O)OC/C(C=O)=C(/C=C1/c2nc3ccccc3c(CCN(C(C)=O)C(C)C)c2CN1C)CCC. The predicted molar refractivity (Wildman–Crippen MR) is 148 cm³/mol. The van der Waals surface area contributed by atoms with Gasteiger partial charge in [0.15, 0.2) is 0 Å². The van der Waals surface area contributed by atoms with E-state index in [0.717, 1.165) is 52.6 Å². The highest BCUT2D eigenvalue weighted by Crippen LogP contribution is 2.37. The molecular formula is C30H39N3O4. The van der Waals surface area contributed by atoms with Crippen LogP contribution >= 0.6 is 0 Å². The molecular weight excluding hydrogens is 466 g/mol. The lowest BCUT2D eigenvalue weighted by Gasteiger charge is -2.26. The number of fused-ring (bicyclic) bond motifs is 2. The van der Waals surface area contributed by atoms with Gasteiger partial charge >= 0.3 is 0 Å². The van der Waals surface area contributed by atoms with Gasteiger partial charge in [0, 0.05) is 49.6 Å². The van der Waals surface area contributed by atoms with E-state index in [-0.39, 0.29) is 24.5 Å². The summed E-state index contributed by atoms with van der Waals surface area (Å²) >= 11 is 0. The number of aldehydes is 1. The van der Waals surface area contributed by atoms with Crippen LogP contribution in [-0.4, -0.2) is 58.3 Å². The second-order valence-electron chi connectivity index (χ2n) is 9.71. The molecule has 1 amide bonds. The van der Waals surface area contributed by atoms with Crippen molar-refractivity contribution in [1.29, 1.82) is 0 Å². The molecule has 0 bridgehead atoms. The van der Waals surface area contributed by atoms with Crippen molar-refractivity contribution in [1.82, 2.24) is 14.8 Å². The molecule has 0 aliphatic carbocycles. The Hall–Kier alpha value is -3.61. The summed E-state index contributed by atoms with van der Waals surface area (Å²) in [4.78, 5) is 33.3. The number of hydrogen-bond donors (Lipinski definition) is 1. The number of aromatic nitrogens is 1. The zero-order valence-corrected chi connectivity index (χ0v) is 22.9. The molecule has 0 atom stereocenters. The number of amides is 1. The van der Waals surface area contributed by atoms with Gasteiger partial charge in [0.05, 0.1) is 16.9 Å². The summed E-state index contributed by atoms with van der Waals surface area (Å²) in [5, 5.41) is 10.8. The first-order valence-electron chi connectivity index (χ1n) is 13.0. The maximum absolute atomic E-state index is 12.2. The van der Waals surface area contributed by atoms with Crippen LogP contribution in [0.5, 0.6) is 0 Å². The van der Waals surface area contributed by atoms with E-state index < -0.39 is 0 Å². The molecule has 2 aromatic rings. The Balaban J connectivity index is 2.12. The van der Waals surface area contributed by atoms with Crippen molar-refractivity contribution in [3.05, 3.63) is 70.3 Å². The minimum absolute atomic E-state index is 0.00183. The van der Waals surface area contributed by atoms with Crippen molar-refractivity contribution in [2.45, 2.75) is 66.5 Å². The predicted octanol–water partition coefficient (Wildman–Crippen LogP) is 5.55. The van der Waals surface area contributed by atoms with Gasteiger partial charge in [-0.1, -0.05) is 31.5 Å². The number of pyridine rings is 1. The average molecular weight is 506 g/mol. The van der Waals surface area contributed by atoms with Gasteiger partial charge in [-0.25, -0.2) is 4.98 Å². The first-order chi connectivity index (χ1) is 17.7. The molecule has 3 rings (SSSR count). The van der Waals surface area contributed by atoms with Gasteiger partial charge in [0.25, 0.3) is 5.95 Å². The summed E-state index contributed by atoms with van der Waals surface area (Å²) in [7, 11) is 2.03. The van der Waals surface area contributed by atoms with Gasteiger partial charge in [-0.2, -0.15) is 0 Å². The van der Waals surface area contributed by atoms with Crippen LogP contribution in [0.25, 0.3) is 16.6 Å². The van der Waals surface area contributed by atoms with Gasteiger partial charge in [-0.3, -0.25) is 9.59 Å². The van der Waals surface area contributed by atoms with Gasteiger partial charge < -0.3 is 19.6 Å². The van der Waals surface area contributed by atoms with Crippen molar-refractivity contribution in [2.75, 3.05) is 20.2 Å². The number of hydrogen-bond acceptors (Lipinski definition) is 6. The van der Waals surface area contributed by atoms with E-state index in [0.29, 0.717) is 25.1 Å². The molecule has 0 unspecified atom stereocenters. The van der Waals surface area contributed by atoms with E-state index in [1.165, 1.54) is 11.6 Å². The number of rotatable bonds is 11. The standard InChI is InChI=1S/C30H39N3O4/c1-7-11-22(23(18-34)19-37-29(36)8-2)16-28-30-26(17-32(28)6)24(14-15-33(20(3)4)21(5)35)25-12-9-10-13-27(25)31-30/h8-10,12-13,16,18,20,36H,7,11,14-15,17,19H2,1-6H3/b23-22+,28-16-,29-8-. The molecule has 1 aromatic carbocycles. The Bertz CT molecular complexity index is 1240. The average Bonchev–Trinajstić information content (AvgIpc) is 3.17. The molecule has 1 aromatic heterocycles. The number of carbonyl (C=O) groups is 2. The summed E-state index contributed by atoms with van der Waals surface area (Å²) in [5.74, 6) is -0.130. The molecule has 1 aliphatic heterocycles. The molecule has 7 nitrogen and oxygen atoms in total. The summed E-state index contributed by atoms with van der Waals surface area (Å²) < 4.78 is 5.34. The third-order valence-electron chi connectivity index (χ3n) is 6.80. The number of aliphatic hydroxyl groups excluding tert-OH is 1. The topological polar surface area (TPSA) is 83.0 Å². The quantitative estimate of drug-likeness (QED) is 0.245. The van der Waals surface area contributed by atoms with E-state index in [1.807, 2.05) is 50.1 Å². The zero-order chi connectivity index (χ0) is 27.1. The fourth-order valence-corrected chi connectivity index (χ4v) is 4.88. The van der Waals surface area contributed by atoms with E-state index in [4.69, 9.17) is 9.72 Å². The maximum atomic E-state index is 12.2. The Morgan fingerprint density at radius 2 is 2.00 bits per heavy atom. The van der Waals surface area contributed by atoms with Crippen LogP contribution < -0.4 is 0 Å². The van der Waals surface area contributed by atoms with E-state index in [1.54, 1.807) is 13.8 Å². The highest BCUT2D eigenvalue weighted by Gasteiger charge is 2.28. The molecule has 1 aliphatic rings. The van der Waals surface area contributed by atoms with Crippen LogP contribution in [0, 0.1) is 0 Å². The van der Waals surface area contributed by atoms with Crippen LogP contribution in [0.1, 0.15) is 64.3 Å². The van der Waals surface area contributed by atoms with Crippen LogP contribution in [0.15, 0.2) is 53.5 Å². The molecule has 2 heterocycles. The van der Waals surface area contributed by atoms with E-state index >= 15 is 0 Å². The minimum Gasteiger partial charge on any atom is -0.481 e. The van der Waals surface area contributed by atoms with Crippen molar-refractivity contribution >= 4 is 28.8 Å². The maximum Gasteiger partial charge on any atom is 0.272 e. The molecule has 37 heavy (non-hydrogen) atoms. The van der Waals surface area contributed by atoms with E-state index in [2.05, 4.69) is 17.9 Å². The number of para-hydroxylation sites is 1. The second-order valence-corrected chi connectivity index (χ2v) is 9.71. The van der Waals surface area contributed by atoms with Crippen LogP contribution in [0.2, 0.25) is 0 Å². The van der Waals surface area contributed by atoms with Crippen LogP contribution in [0.3, 0.4) is 0 Å². The molecule has 0 radical (unpaired) electrons. The number of aliphatic hydroxyl groups is 1. The minimum atomic E-state index is -0.204. The van der Waals surface area contributed by atoms with E-state index in [9.17, 15) is 14.7 Å². The van der Waals surface area contributed by atoms with Gasteiger partial charge in [0.1, 0.15) is 12.9 Å². The number of benzene rings is 1. The Morgan fingerprint density at radius 3 is 2.62 bits per heavy atom. The first-order valence-corrected chi connectivity index (χ1v) is 13.0. The lowest BCUT2D eigenvalue weighted by molar-refractivity contribution is -0.130. The number of carbonyl (C=O) groups excluding carboxylic acids is 2. The fraction of sp³-hybridized carbons (Fsp3) is 0.433. The van der Waals surface area contributed by atoms with Crippen molar-refractivity contribution in [2.24, 2.45) is 0 Å². The van der Waals surface area contributed by atoms with Crippen molar-refractivity contribution in [3.63, 3.8) is 0 Å². The van der Waals surface area contributed by atoms with Crippen LogP contribution in [0.4, 0.5) is 0 Å². The van der Waals surface area contributed by atoms with Gasteiger partial charge in [-0.05, 0) is 63.0 Å². The summed E-state index contributed by atoms with van der Waals surface area (Å²) in [6.45, 7) is 10.8. The molecule has 0 fully saturated rings. The Morgan fingerprint density at radius 1 is 1.27 bits per heavy atom. The third-order valence-corrected chi connectivity index (χ3v) is 6.80. The Kier molecular flexibility index (Phi) is 9.50. The fourth-order valence-electron chi connectivity index (χ4n) is 4.88. The lowest BCUT2D eigenvalue weighted by Crippen LogP contribution is -2.36. The zero-order valence-electron chi connectivity index (χ0n) is 22.9. The number of allylic oxidation sites excluding steroid dienone is 3. The highest BCUT2D eigenvalue weighted by atomic mass is 16.6. The van der Waals surface area contributed by atoms with Crippen molar-refractivity contribution < 1.29 is 19.4 Å². The van der Waals surface area contributed by atoms with Crippen LogP contribution in [-0.2, 0) is 27.3 Å². The molecule has 0 spiro atoms. The monoisotopic (exact) mass is 505 g/mol. The molecule has 0 saturated heterocycles. The summed E-state index contributed by atoms with van der Waals surface area (Å²) in [5.41, 5.74) is 6.51. The van der Waals surface area contributed by atoms with Gasteiger partial charge in [0.2, 0.25) is 5.91 Å². The normalized spacial score (nSPS) is 15.3. The molecule has 1 N–H and O–H groups in total. The lowest BCUT2D eigenvalue weighted by atomic mass is 9.97. The smallest absolute Gasteiger partial charge is 0.272 e. The number of nitrogens with zero attached hydrogens (tertiary/aromatic N) is 3. The highest BCUT2D eigenvalue weighted by molar-refractivity contribution is 5.88. The Labute approximate surface area is 220 Å². The summed E-state index contributed by atoms with van der Waals surface area (Å²) in [6.07, 6.45) is 6.58. The third kappa shape index (κ3) is 6.40. The van der Waals surface area contributed by atoms with Gasteiger partial charge in [-0.15, -0.1) is 0 Å². The first kappa shape index (κ1) is 28.0. The van der Waals surface area contributed by atoms with Crippen molar-refractivity contribution in [3.8, 4) is 0 Å². The molecule has 0 saturated carbocycles.